The fourth-order valence-electron chi connectivity index (χ4n) is 0.799. The zero-order chi connectivity index (χ0) is 8.97. The number of nitrogens with zero attached hydrogens (tertiary/aromatic N) is 1. The average Bonchev–Trinajstić information content (AvgIpc) is 2.05. The van der Waals surface area contributed by atoms with Crippen LogP contribution in [0.25, 0.3) is 0 Å². The van der Waals surface area contributed by atoms with E-state index in [9.17, 15) is 4.79 Å². The molecular weight excluding hydrogens is 152 g/mol. The molecule has 62 valence electrons. The normalized spacial score (nSPS) is 11.2. The van der Waals surface area contributed by atoms with Crippen molar-refractivity contribution in [2.45, 2.75) is 6.92 Å². The van der Waals surface area contributed by atoms with Gasteiger partial charge in [0.25, 0.3) is 0 Å². The summed E-state index contributed by atoms with van der Waals surface area (Å²) < 4.78 is 0. The lowest BCUT2D eigenvalue weighted by Gasteiger charge is -1.93. The van der Waals surface area contributed by atoms with E-state index in [1.165, 1.54) is 12.3 Å². The fraction of sp³-hybridized carbons (Fsp3) is 0.111. The molecule has 0 saturated heterocycles. The molecule has 0 aliphatic carbocycles. The van der Waals surface area contributed by atoms with Gasteiger partial charge in [-0.2, -0.15) is 0 Å². The fourth-order valence-corrected chi connectivity index (χ4v) is 0.799. The van der Waals surface area contributed by atoms with Gasteiger partial charge in [-0.3, -0.25) is 9.78 Å². The molecule has 0 aromatic carbocycles. The standard InChI is InChI=1S/C9H10N2O/c1-7(10)5-9(12)8-3-2-4-11-6-8/h2-6H,10H2,1H3/b7-5+. The Bertz CT molecular complexity index is 300. The first-order chi connectivity index (χ1) is 5.70. The van der Waals surface area contributed by atoms with E-state index in [-0.39, 0.29) is 5.78 Å². The first-order valence-electron chi connectivity index (χ1n) is 3.58. The van der Waals surface area contributed by atoms with Gasteiger partial charge < -0.3 is 5.73 Å². The summed E-state index contributed by atoms with van der Waals surface area (Å²) >= 11 is 0. The van der Waals surface area contributed by atoms with Gasteiger partial charge in [0.2, 0.25) is 0 Å². The van der Waals surface area contributed by atoms with Crippen molar-refractivity contribution in [1.29, 1.82) is 0 Å². The highest BCUT2D eigenvalue weighted by molar-refractivity contribution is 6.04. The number of hydrogen-bond donors (Lipinski definition) is 1. The van der Waals surface area contributed by atoms with Crippen molar-refractivity contribution in [2.75, 3.05) is 0 Å². The largest absolute Gasteiger partial charge is 0.402 e. The van der Waals surface area contributed by atoms with Gasteiger partial charge in [0.15, 0.2) is 5.78 Å². The number of pyridine rings is 1. The van der Waals surface area contributed by atoms with Crippen LogP contribution in [0, 0.1) is 0 Å². The highest BCUT2D eigenvalue weighted by atomic mass is 16.1. The predicted octanol–water partition coefficient (Wildman–Crippen LogP) is 1.13. The van der Waals surface area contributed by atoms with E-state index < -0.39 is 0 Å². The maximum atomic E-state index is 11.3. The van der Waals surface area contributed by atoms with E-state index in [2.05, 4.69) is 4.98 Å². The smallest absolute Gasteiger partial charge is 0.189 e. The molecule has 1 aromatic heterocycles. The third kappa shape index (κ3) is 2.20. The van der Waals surface area contributed by atoms with Gasteiger partial charge in [0.05, 0.1) is 0 Å². The second-order valence-electron chi connectivity index (χ2n) is 2.49. The second kappa shape index (κ2) is 3.67. The highest BCUT2D eigenvalue weighted by Crippen LogP contribution is 1.99. The van der Waals surface area contributed by atoms with Crippen LogP contribution in [0.15, 0.2) is 36.3 Å². The van der Waals surface area contributed by atoms with E-state index in [0.29, 0.717) is 11.3 Å². The molecule has 1 rings (SSSR count). The van der Waals surface area contributed by atoms with Crippen LogP contribution < -0.4 is 5.73 Å². The Morgan fingerprint density at radius 3 is 2.92 bits per heavy atom. The molecule has 12 heavy (non-hydrogen) atoms. The van der Waals surface area contributed by atoms with Crippen molar-refractivity contribution in [3.8, 4) is 0 Å². The quantitative estimate of drug-likeness (QED) is 0.523. The summed E-state index contributed by atoms with van der Waals surface area (Å²) in [6, 6.07) is 3.42. The van der Waals surface area contributed by atoms with Crippen molar-refractivity contribution >= 4 is 5.78 Å². The summed E-state index contributed by atoms with van der Waals surface area (Å²) in [5.41, 5.74) is 6.41. The zero-order valence-corrected chi connectivity index (χ0v) is 6.82. The van der Waals surface area contributed by atoms with Crippen LogP contribution in [0.1, 0.15) is 17.3 Å². The van der Waals surface area contributed by atoms with E-state index in [4.69, 9.17) is 5.73 Å². The molecule has 1 heterocycles. The van der Waals surface area contributed by atoms with E-state index in [1.807, 2.05) is 0 Å². The molecule has 0 unspecified atom stereocenters. The molecule has 0 radical (unpaired) electrons. The molecule has 1 aromatic rings. The first-order valence-corrected chi connectivity index (χ1v) is 3.58. The minimum absolute atomic E-state index is 0.108. The van der Waals surface area contributed by atoms with Gasteiger partial charge in [0.1, 0.15) is 0 Å². The van der Waals surface area contributed by atoms with Crippen LogP contribution in [0.5, 0.6) is 0 Å². The number of aromatic nitrogens is 1. The summed E-state index contributed by atoms with van der Waals surface area (Å²) in [5, 5.41) is 0. The topological polar surface area (TPSA) is 56.0 Å². The number of carbonyl (C=O) groups is 1. The molecule has 3 heteroatoms. The number of carbonyl (C=O) groups excluding carboxylic acids is 1. The lowest BCUT2D eigenvalue weighted by atomic mass is 10.2. The molecular formula is C9H10N2O. The molecule has 0 bridgehead atoms. The molecule has 0 atom stereocenters. The Kier molecular flexibility index (Phi) is 2.58. The van der Waals surface area contributed by atoms with Gasteiger partial charge in [0, 0.05) is 29.7 Å². The van der Waals surface area contributed by atoms with Crippen LogP contribution in [-0.2, 0) is 0 Å². The summed E-state index contributed by atoms with van der Waals surface area (Å²) in [6.07, 6.45) is 4.52. The van der Waals surface area contributed by atoms with Crippen molar-refractivity contribution in [3.63, 3.8) is 0 Å². The van der Waals surface area contributed by atoms with E-state index in [0.717, 1.165) is 0 Å². The molecule has 0 saturated carbocycles. The minimum Gasteiger partial charge on any atom is -0.402 e. The number of rotatable bonds is 2. The van der Waals surface area contributed by atoms with E-state index >= 15 is 0 Å². The molecule has 3 nitrogen and oxygen atoms in total. The predicted molar refractivity (Wildman–Crippen MR) is 46.5 cm³/mol. The first kappa shape index (κ1) is 8.46. The van der Waals surface area contributed by atoms with Gasteiger partial charge in [-0.25, -0.2) is 0 Å². The molecule has 0 spiro atoms. The minimum atomic E-state index is -0.108. The van der Waals surface area contributed by atoms with Crippen molar-refractivity contribution in [2.24, 2.45) is 5.73 Å². The van der Waals surface area contributed by atoms with Crippen LogP contribution in [-0.4, -0.2) is 10.8 Å². The van der Waals surface area contributed by atoms with Crippen molar-refractivity contribution in [1.82, 2.24) is 4.98 Å². The summed E-state index contributed by atoms with van der Waals surface area (Å²) in [7, 11) is 0. The van der Waals surface area contributed by atoms with Gasteiger partial charge in [-0.1, -0.05) is 0 Å². The van der Waals surface area contributed by atoms with Crippen LogP contribution >= 0.6 is 0 Å². The zero-order valence-electron chi connectivity index (χ0n) is 6.82. The summed E-state index contributed by atoms with van der Waals surface area (Å²) in [6.45, 7) is 1.67. The average molecular weight is 162 g/mol. The van der Waals surface area contributed by atoms with E-state index in [1.54, 1.807) is 25.3 Å². The monoisotopic (exact) mass is 162 g/mol. The SMILES string of the molecule is C/C(N)=C\C(=O)c1cccnc1. The molecule has 0 aliphatic rings. The second-order valence-corrected chi connectivity index (χ2v) is 2.49. The van der Waals surface area contributed by atoms with Gasteiger partial charge in [-0.15, -0.1) is 0 Å². The summed E-state index contributed by atoms with van der Waals surface area (Å²) in [4.78, 5) is 15.1. The Morgan fingerprint density at radius 1 is 1.67 bits per heavy atom. The van der Waals surface area contributed by atoms with Gasteiger partial charge in [-0.05, 0) is 19.1 Å². The Hall–Kier alpha value is -1.64. The Morgan fingerprint density at radius 2 is 2.42 bits per heavy atom. The number of nitrogens with two attached hydrogens (primary N) is 1. The van der Waals surface area contributed by atoms with Crippen molar-refractivity contribution in [3.05, 3.63) is 41.9 Å². The van der Waals surface area contributed by atoms with Gasteiger partial charge >= 0.3 is 0 Å². The molecule has 0 amide bonds. The number of hydrogen-bond acceptors (Lipinski definition) is 3. The van der Waals surface area contributed by atoms with Crippen molar-refractivity contribution < 1.29 is 4.79 Å². The molecule has 0 aliphatic heterocycles. The maximum Gasteiger partial charge on any atom is 0.189 e. The maximum absolute atomic E-state index is 11.3. The molecule has 0 fully saturated rings. The highest BCUT2D eigenvalue weighted by Gasteiger charge is 2.00. The number of ketones is 1. The third-order valence-electron chi connectivity index (χ3n) is 1.30. The summed E-state index contributed by atoms with van der Waals surface area (Å²) in [5.74, 6) is -0.108. The lowest BCUT2D eigenvalue weighted by molar-refractivity contribution is 0.104. The van der Waals surface area contributed by atoms with Crippen LogP contribution in [0.4, 0.5) is 0 Å². The van der Waals surface area contributed by atoms with Crippen LogP contribution in [0.3, 0.4) is 0 Å². The lowest BCUT2D eigenvalue weighted by Crippen LogP contribution is -1.99. The van der Waals surface area contributed by atoms with Crippen LogP contribution in [0.2, 0.25) is 0 Å². The molecule has 2 N–H and O–H groups in total. The Balaban J connectivity index is 2.87. The number of allylic oxidation sites excluding steroid dienone is 2. The third-order valence-corrected chi connectivity index (χ3v) is 1.30. The Labute approximate surface area is 70.9 Å².